The topological polar surface area (TPSA) is 108 Å². The Hall–Kier alpha value is -2.56. The summed E-state index contributed by atoms with van der Waals surface area (Å²) in [5.74, 6) is 0. The zero-order chi connectivity index (χ0) is 15.3. The van der Waals surface area contributed by atoms with Crippen molar-refractivity contribution in [3.63, 3.8) is 0 Å². The van der Waals surface area contributed by atoms with Crippen molar-refractivity contribution in [2.45, 2.75) is 6.54 Å². The van der Waals surface area contributed by atoms with Gasteiger partial charge in [0.25, 0.3) is 10.2 Å². The van der Waals surface area contributed by atoms with E-state index in [4.69, 9.17) is 10.4 Å². The van der Waals surface area contributed by atoms with Crippen molar-refractivity contribution in [3.8, 4) is 6.07 Å². The van der Waals surface area contributed by atoms with Crippen molar-refractivity contribution in [3.05, 3.63) is 59.7 Å². The molecule has 0 spiro atoms. The van der Waals surface area contributed by atoms with E-state index >= 15 is 0 Å². The highest BCUT2D eigenvalue weighted by atomic mass is 32.2. The molecule has 0 heterocycles. The molecule has 0 fully saturated rings. The zero-order valence-electron chi connectivity index (χ0n) is 11.1. The SMILES string of the molecule is N#Cc1ccccc1CNc1cccc(NS(N)(=O)=O)c1. The molecule has 21 heavy (non-hydrogen) atoms. The van der Waals surface area contributed by atoms with E-state index in [0.29, 0.717) is 17.8 Å². The van der Waals surface area contributed by atoms with Crippen LogP contribution in [0.3, 0.4) is 0 Å². The summed E-state index contributed by atoms with van der Waals surface area (Å²) in [5, 5.41) is 17.1. The van der Waals surface area contributed by atoms with E-state index in [1.807, 2.05) is 12.1 Å². The Morgan fingerprint density at radius 3 is 2.52 bits per heavy atom. The molecule has 2 aromatic rings. The number of nitrogens with one attached hydrogen (secondary N) is 2. The van der Waals surface area contributed by atoms with Crippen LogP contribution in [-0.4, -0.2) is 8.42 Å². The predicted octanol–water partition coefficient (Wildman–Crippen LogP) is 1.79. The summed E-state index contributed by atoms with van der Waals surface area (Å²) < 4.78 is 24.2. The molecule has 0 aliphatic carbocycles. The van der Waals surface area contributed by atoms with Crippen LogP contribution in [0.2, 0.25) is 0 Å². The Balaban J connectivity index is 2.10. The molecule has 6 nitrogen and oxygen atoms in total. The van der Waals surface area contributed by atoms with Gasteiger partial charge in [0, 0.05) is 12.2 Å². The Labute approximate surface area is 123 Å². The van der Waals surface area contributed by atoms with Gasteiger partial charge in [-0.05, 0) is 29.8 Å². The summed E-state index contributed by atoms with van der Waals surface area (Å²) in [5.41, 5.74) is 2.56. The maximum absolute atomic E-state index is 11.0. The van der Waals surface area contributed by atoms with Gasteiger partial charge in [-0.15, -0.1) is 0 Å². The molecule has 7 heteroatoms. The molecule has 0 bridgehead atoms. The molecule has 4 N–H and O–H groups in total. The van der Waals surface area contributed by atoms with Gasteiger partial charge in [0.05, 0.1) is 17.3 Å². The first-order valence-corrected chi connectivity index (χ1v) is 7.65. The maximum atomic E-state index is 11.0. The average molecular weight is 302 g/mol. The van der Waals surface area contributed by atoms with E-state index in [-0.39, 0.29) is 0 Å². The molecule has 0 atom stereocenters. The number of anilines is 2. The molecule has 0 saturated carbocycles. The number of rotatable bonds is 5. The summed E-state index contributed by atoms with van der Waals surface area (Å²) in [6.45, 7) is 0.461. The Kier molecular flexibility index (Phi) is 4.42. The minimum Gasteiger partial charge on any atom is -0.381 e. The molecule has 0 amide bonds. The molecule has 108 valence electrons. The summed E-state index contributed by atoms with van der Waals surface area (Å²) in [6.07, 6.45) is 0. The van der Waals surface area contributed by atoms with Crippen molar-refractivity contribution in [2.75, 3.05) is 10.0 Å². The number of benzene rings is 2. The van der Waals surface area contributed by atoms with Crippen molar-refractivity contribution in [1.82, 2.24) is 0 Å². The average Bonchev–Trinajstić information content (AvgIpc) is 2.44. The van der Waals surface area contributed by atoms with Gasteiger partial charge in [-0.1, -0.05) is 24.3 Å². The van der Waals surface area contributed by atoms with Gasteiger partial charge < -0.3 is 5.32 Å². The van der Waals surface area contributed by atoms with E-state index in [0.717, 1.165) is 11.3 Å². The minimum atomic E-state index is -3.79. The van der Waals surface area contributed by atoms with Crippen molar-refractivity contribution in [2.24, 2.45) is 5.14 Å². The van der Waals surface area contributed by atoms with E-state index in [1.54, 1.807) is 36.4 Å². The summed E-state index contributed by atoms with van der Waals surface area (Å²) in [4.78, 5) is 0. The largest absolute Gasteiger partial charge is 0.381 e. The van der Waals surface area contributed by atoms with Gasteiger partial charge in [0.15, 0.2) is 0 Å². The van der Waals surface area contributed by atoms with Crippen molar-refractivity contribution in [1.29, 1.82) is 5.26 Å². The monoisotopic (exact) mass is 302 g/mol. The van der Waals surface area contributed by atoms with Gasteiger partial charge >= 0.3 is 0 Å². The van der Waals surface area contributed by atoms with Gasteiger partial charge in [0.1, 0.15) is 0 Å². The standard InChI is InChI=1S/C14H14N4O2S/c15-9-11-4-1-2-5-12(11)10-17-13-6-3-7-14(8-13)18-21(16,19)20/h1-8,17-18H,10H2,(H2,16,19,20). The number of nitrogens with two attached hydrogens (primary N) is 1. The van der Waals surface area contributed by atoms with Crippen molar-refractivity contribution < 1.29 is 8.42 Å². The molecular weight excluding hydrogens is 288 g/mol. The van der Waals surface area contributed by atoms with Crippen LogP contribution in [-0.2, 0) is 16.8 Å². The summed E-state index contributed by atoms with van der Waals surface area (Å²) >= 11 is 0. The molecule has 0 radical (unpaired) electrons. The molecular formula is C14H14N4O2S. The van der Waals surface area contributed by atoms with Crippen LogP contribution < -0.4 is 15.2 Å². The van der Waals surface area contributed by atoms with Crippen LogP contribution in [0.1, 0.15) is 11.1 Å². The fraction of sp³-hybridized carbons (Fsp3) is 0.0714. The van der Waals surface area contributed by atoms with Gasteiger partial charge in [0.2, 0.25) is 0 Å². The molecule has 0 aromatic heterocycles. The number of nitriles is 1. The third-order valence-electron chi connectivity index (χ3n) is 2.74. The first-order chi connectivity index (χ1) is 9.98. The lowest BCUT2D eigenvalue weighted by Gasteiger charge is -2.10. The fourth-order valence-corrected chi connectivity index (χ4v) is 2.29. The van der Waals surface area contributed by atoms with Crippen LogP contribution in [0.15, 0.2) is 48.5 Å². The first kappa shape index (κ1) is 14.8. The highest BCUT2D eigenvalue weighted by Crippen LogP contribution is 2.17. The minimum absolute atomic E-state index is 0.371. The second-order valence-electron chi connectivity index (χ2n) is 4.35. The fourth-order valence-electron chi connectivity index (χ4n) is 1.84. The highest BCUT2D eigenvalue weighted by molar-refractivity contribution is 7.90. The Bertz CT molecular complexity index is 782. The van der Waals surface area contributed by atoms with Gasteiger partial charge in [-0.25, -0.2) is 5.14 Å². The van der Waals surface area contributed by atoms with Gasteiger partial charge in [-0.2, -0.15) is 13.7 Å². The first-order valence-electron chi connectivity index (χ1n) is 6.10. The predicted molar refractivity (Wildman–Crippen MR) is 81.7 cm³/mol. The van der Waals surface area contributed by atoms with Crippen LogP contribution in [0, 0.1) is 11.3 Å². The molecule has 0 unspecified atom stereocenters. The van der Waals surface area contributed by atoms with Gasteiger partial charge in [-0.3, -0.25) is 4.72 Å². The lowest BCUT2D eigenvalue weighted by Crippen LogP contribution is -2.21. The second-order valence-corrected chi connectivity index (χ2v) is 5.64. The number of hydrogen-bond donors (Lipinski definition) is 3. The lowest BCUT2D eigenvalue weighted by molar-refractivity contribution is 0.603. The van der Waals surface area contributed by atoms with E-state index < -0.39 is 10.2 Å². The summed E-state index contributed by atoms with van der Waals surface area (Å²) in [7, 11) is -3.79. The Morgan fingerprint density at radius 2 is 1.81 bits per heavy atom. The van der Waals surface area contributed by atoms with Crippen molar-refractivity contribution >= 4 is 21.6 Å². The summed E-state index contributed by atoms with van der Waals surface area (Å²) in [6, 6.07) is 16.1. The molecule has 0 aliphatic rings. The maximum Gasteiger partial charge on any atom is 0.296 e. The van der Waals surface area contributed by atoms with Crippen LogP contribution >= 0.6 is 0 Å². The molecule has 0 aliphatic heterocycles. The van der Waals surface area contributed by atoms with Crippen LogP contribution in [0.25, 0.3) is 0 Å². The smallest absolute Gasteiger partial charge is 0.296 e. The molecule has 2 rings (SSSR count). The Morgan fingerprint density at radius 1 is 1.10 bits per heavy atom. The number of nitrogens with zero attached hydrogens (tertiary/aromatic N) is 1. The molecule has 2 aromatic carbocycles. The van der Waals surface area contributed by atoms with Crippen LogP contribution in [0.4, 0.5) is 11.4 Å². The van der Waals surface area contributed by atoms with Crippen LogP contribution in [0.5, 0.6) is 0 Å². The highest BCUT2D eigenvalue weighted by Gasteiger charge is 2.04. The number of hydrogen-bond acceptors (Lipinski definition) is 4. The normalized spacial score (nSPS) is 10.7. The zero-order valence-corrected chi connectivity index (χ0v) is 11.9. The third-order valence-corrected chi connectivity index (χ3v) is 3.26. The van der Waals surface area contributed by atoms with E-state index in [9.17, 15) is 8.42 Å². The van der Waals surface area contributed by atoms with E-state index in [2.05, 4.69) is 16.1 Å². The quantitative estimate of drug-likeness (QED) is 0.782. The third kappa shape index (κ3) is 4.49. The second kappa shape index (κ2) is 6.26. The molecule has 0 saturated heterocycles. The van der Waals surface area contributed by atoms with E-state index in [1.165, 1.54) is 0 Å². The lowest BCUT2D eigenvalue weighted by atomic mass is 10.1.